The van der Waals surface area contributed by atoms with Gasteiger partial charge >= 0.3 is 5.97 Å². The van der Waals surface area contributed by atoms with Gasteiger partial charge in [-0.2, -0.15) is 4.31 Å². The van der Waals surface area contributed by atoms with Crippen LogP contribution in [0.2, 0.25) is 15.1 Å². The van der Waals surface area contributed by atoms with E-state index in [1.165, 1.54) is 12.1 Å². The first kappa shape index (κ1) is 17.8. The van der Waals surface area contributed by atoms with Crippen molar-refractivity contribution in [2.24, 2.45) is 5.92 Å². The van der Waals surface area contributed by atoms with Gasteiger partial charge in [-0.25, -0.2) is 8.42 Å². The van der Waals surface area contributed by atoms with Gasteiger partial charge < -0.3 is 5.11 Å². The van der Waals surface area contributed by atoms with Gasteiger partial charge in [0.25, 0.3) is 0 Å². The number of benzene rings is 1. The summed E-state index contributed by atoms with van der Waals surface area (Å²) in [5, 5.41) is 9.20. The number of rotatable bonds is 3. The van der Waals surface area contributed by atoms with Gasteiger partial charge in [-0.05, 0) is 31.9 Å². The molecule has 22 heavy (non-hydrogen) atoms. The minimum absolute atomic E-state index is 0.0813. The summed E-state index contributed by atoms with van der Waals surface area (Å²) in [5.41, 5.74) is 0. The summed E-state index contributed by atoms with van der Waals surface area (Å²) < 4.78 is 26.8. The van der Waals surface area contributed by atoms with Crippen molar-refractivity contribution in [1.29, 1.82) is 0 Å². The number of nitrogens with zero attached hydrogens (tertiary/aromatic N) is 1. The number of sulfonamides is 1. The molecule has 1 saturated heterocycles. The molecule has 0 aromatic heterocycles. The van der Waals surface area contributed by atoms with Crippen LogP contribution in [-0.2, 0) is 14.8 Å². The second-order valence-corrected chi connectivity index (χ2v) is 8.31. The maximum absolute atomic E-state index is 12.8. The fraction of sp³-hybridized carbons (Fsp3) is 0.462. The lowest BCUT2D eigenvalue weighted by atomic mass is 9.96. The van der Waals surface area contributed by atoms with Crippen LogP contribution in [0.25, 0.3) is 0 Å². The van der Waals surface area contributed by atoms with Crippen molar-refractivity contribution >= 4 is 50.8 Å². The van der Waals surface area contributed by atoms with Crippen LogP contribution >= 0.6 is 34.8 Å². The van der Waals surface area contributed by atoms with Gasteiger partial charge in [0, 0.05) is 17.6 Å². The first-order valence-electron chi connectivity index (χ1n) is 6.53. The van der Waals surface area contributed by atoms with Crippen molar-refractivity contribution in [3.8, 4) is 0 Å². The summed E-state index contributed by atoms with van der Waals surface area (Å²) in [6, 6.07) is 2.26. The van der Waals surface area contributed by atoms with E-state index in [4.69, 9.17) is 39.9 Å². The quantitative estimate of drug-likeness (QED) is 0.862. The molecule has 1 N–H and O–H groups in total. The minimum Gasteiger partial charge on any atom is -0.481 e. The average molecular weight is 387 g/mol. The summed E-state index contributed by atoms with van der Waals surface area (Å²) in [6.07, 6.45) is 0.892. The SMILES string of the molecule is CC1CCC(C(=O)O)CN1S(=O)(=O)c1c(Cl)cc(Cl)cc1Cl. The van der Waals surface area contributed by atoms with Gasteiger partial charge in [0.05, 0.1) is 16.0 Å². The van der Waals surface area contributed by atoms with Crippen molar-refractivity contribution in [2.45, 2.75) is 30.7 Å². The number of carbonyl (C=O) groups is 1. The van der Waals surface area contributed by atoms with E-state index in [2.05, 4.69) is 0 Å². The maximum atomic E-state index is 12.8. The summed E-state index contributed by atoms with van der Waals surface area (Å²) in [5.74, 6) is -1.75. The molecule has 0 spiro atoms. The van der Waals surface area contributed by atoms with E-state index in [0.29, 0.717) is 12.8 Å². The van der Waals surface area contributed by atoms with Crippen LogP contribution in [0.15, 0.2) is 17.0 Å². The number of hydrogen-bond donors (Lipinski definition) is 1. The Morgan fingerprint density at radius 3 is 2.27 bits per heavy atom. The van der Waals surface area contributed by atoms with Gasteiger partial charge in [-0.3, -0.25) is 4.79 Å². The number of piperidine rings is 1. The minimum atomic E-state index is -4.01. The third-order valence-electron chi connectivity index (χ3n) is 3.70. The zero-order valence-corrected chi connectivity index (χ0v) is 14.7. The second-order valence-electron chi connectivity index (χ2n) is 5.23. The van der Waals surface area contributed by atoms with Crippen molar-refractivity contribution < 1.29 is 18.3 Å². The van der Waals surface area contributed by atoms with E-state index in [9.17, 15) is 13.2 Å². The monoisotopic (exact) mass is 385 g/mol. The molecule has 1 fully saturated rings. The molecule has 5 nitrogen and oxygen atoms in total. The van der Waals surface area contributed by atoms with E-state index in [-0.39, 0.29) is 32.5 Å². The van der Waals surface area contributed by atoms with Crippen molar-refractivity contribution in [3.63, 3.8) is 0 Å². The lowest BCUT2D eigenvalue weighted by Crippen LogP contribution is -2.47. The Morgan fingerprint density at radius 2 is 1.77 bits per heavy atom. The smallest absolute Gasteiger partial charge is 0.307 e. The molecule has 0 bridgehead atoms. The molecule has 0 saturated carbocycles. The predicted octanol–water partition coefficient (Wildman–Crippen LogP) is 3.52. The highest BCUT2D eigenvalue weighted by atomic mass is 35.5. The molecule has 2 unspecified atom stereocenters. The van der Waals surface area contributed by atoms with Crippen molar-refractivity contribution in [3.05, 3.63) is 27.2 Å². The lowest BCUT2D eigenvalue weighted by Gasteiger charge is -2.35. The van der Waals surface area contributed by atoms with Crippen molar-refractivity contribution in [2.75, 3.05) is 6.54 Å². The molecular weight excluding hydrogens is 373 g/mol. The second kappa shape index (κ2) is 6.53. The highest BCUT2D eigenvalue weighted by molar-refractivity contribution is 7.89. The number of aliphatic carboxylic acids is 1. The lowest BCUT2D eigenvalue weighted by molar-refractivity contribution is -0.143. The molecule has 1 aliphatic heterocycles. The van der Waals surface area contributed by atoms with Gasteiger partial charge in [0.15, 0.2) is 0 Å². The Morgan fingerprint density at radius 1 is 1.23 bits per heavy atom. The number of carboxylic acid groups (broad SMARTS) is 1. The molecule has 1 heterocycles. The summed E-state index contributed by atoms with van der Waals surface area (Å²) >= 11 is 17.8. The molecule has 1 aromatic carbocycles. The van der Waals surface area contributed by atoms with Crippen LogP contribution in [0.3, 0.4) is 0 Å². The summed E-state index contributed by atoms with van der Waals surface area (Å²) in [4.78, 5) is 10.9. The Labute approximate surface area is 143 Å². The fourth-order valence-corrected chi connectivity index (χ4v) is 5.71. The average Bonchev–Trinajstić information content (AvgIpc) is 2.36. The first-order chi connectivity index (χ1) is 10.1. The fourth-order valence-electron chi connectivity index (χ4n) is 2.50. The van der Waals surface area contributed by atoms with E-state index in [0.717, 1.165) is 4.31 Å². The Bertz CT molecular complexity index is 684. The van der Waals surface area contributed by atoms with E-state index >= 15 is 0 Å². The molecule has 1 aliphatic rings. The number of hydrogen-bond acceptors (Lipinski definition) is 3. The standard InChI is InChI=1S/C13H14Cl3NO4S/c1-7-2-3-8(13(18)19)6-17(7)22(20,21)12-10(15)4-9(14)5-11(12)16/h4-5,7-8H,2-3,6H2,1H3,(H,18,19). The Balaban J connectivity index is 2.47. The first-order valence-corrected chi connectivity index (χ1v) is 9.11. The molecule has 122 valence electrons. The molecule has 1 aromatic rings. The third kappa shape index (κ3) is 3.36. The van der Waals surface area contributed by atoms with Crippen LogP contribution in [-0.4, -0.2) is 36.4 Å². The molecule has 2 rings (SSSR count). The zero-order chi connectivity index (χ0) is 16.7. The van der Waals surface area contributed by atoms with E-state index in [1.54, 1.807) is 6.92 Å². The molecule has 0 radical (unpaired) electrons. The molecular formula is C13H14Cl3NO4S. The molecule has 9 heteroatoms. The van der Waals surface area contributed by atoms with E-state index in [1.807, 2.05) is 0 Å². The van der Waals surface area contributed by atoms with Crippen LogP contribution in [0.4, 0.5) is 0 Å². The van der Waals surface area contributed by atoms with Gasteiger partial charge in [0.1, 0.15) is 4.90 Å². The van der Waals surface area contributed by atoms with Gasteiger partial charge in [0.2, 0.25) is 10.0 Å². The number of halogens is 3. The van der Waals surface area contributed by atoms with Gasteiger partial charge in [-0.15, -0.1) is 0 Å². The van der Waals surface area contributed by atoms with Crippen LogP contribution in [0, 0.1) is 5.92 Å². The summed E-state index contributed by atoms with van der Waals surface area (Å²) in [6.45, 7) is 1.63. The van der Waals surface area contributed by atoms with Gasteiger partial charge in [-0.1, -0.05) is 34.8 Å². The Kier molecular flexibility index (Phi) is 5.29. The zero-order valence-electron chi connectivity index (χ0n) is 11.6. The Hall–Kier alpha value is -0.530. The molecule has 2 atom stereocenters. The highest BCUT2D eigenvalue weighted by Gasteiger charge is 2.39. The highest BCUT2D eigenvalue weighted by Crippen LogP contribution is 2.37. The summed E-state index contributed by atoms with van der Waals surface area (Å²) in [7, 11) is -4.01. The largest absolute Gasteiger partial charge is 0.481 e. The maximum Gasteiger partial charge on any atom is 0.307 e. The van der Waals surface area contributed by atoms with Crippen LogP contribution < -0.4 is 0 Å². The number of carboxylic acids is 1. The normalized spacial score (nSPS) is 23.5. The van der Waals surface area contributed by atoms with Crippen LogP contribution in [0.1, 0.15) is 19.8 Å². The van der Waals surface area contributed by atoms with Crippen molar-refractivity contribution in [1.82, 2.24) is 4.31 Å². The van der Waals surface area contributed by atoms with E-state index < -0.39 is 21.9 Å². The predicted molar refractivity (Wildman–Crippen MR) is 85.2 cm³/mol. The third-order valence-corrected chi connectivity index (χ3v) is 6.82. The topological polar surface area (TPSA) is 74.7 Å². The molecule has 0 aliphatic carbocycles. The molecule has 0 amide bonds. The van der Waals surface area contributed by atoms with Crippen LogP contribution in [0.5, 0.6) is 0 Å².